The van der Waals surface area contributed by atoms with Gasteiger partial charge in [0, 0.05) is 12.1 Å². The molecule has 0 aliphatic rings. The first-order chi connectivity index (χ1) is 9.73. The first-order valence-corrected chi connectivity index (χ1v) is 5.33. The molecule has 0 saturated heterocycles. The van der Waals surface area contributed by atoms with Crippen LogP contribution in [-0.2, 0) is 14.3 Å². The lowest BCUT2D eigenvalue weighted by molar-refractivity contribution is -0.384. The zero-order valence-electron chi connectivity index (χ0n) is 10.2. The Morgan fingerprint density at radius 2 is 1.62 bits per heavy atom. The van der Waals surface area contributed by atoms with Gasteiger partial charge >= 0.3 is 17.9 Å². The van der Waals surface area contributed by atoms with Gasteiger partial charge in [-0.05, 0) is 12.1 Å². The number of rotatable bonds is 5. The first-order valence-electron chi connectivity index (χ1n) is 5.33. The molecular formula is C11H9NO9. The Labute approximate surface area is 116 Å². The Morgan fingerprint density at radius 1 is 1.10 bits per heavy atom. The number of benzene rings is 1. The second kappa shape index (κ2) is 6.54. The summed E-state index contributed by atoms with van der Waals surface area (Å²) in [7, 11) is 0. The molecule has 0 fully saturated rings. The molecule has 112 valence electrons. The number of aliphatic hydroxyl groups excluding tert-OH is 2. The predicted octanol–water partition coefficient (Wildman–Crippen LogP) is -0.915. The van der Waals surface area contributed by atoms with E-state index in [0.717, 1.165) is 24.3 Å². The minimum absolute atomic E-state index is 0.231. The molecule has 0 radical (unpaired) electrons. The monoisotopic (exact) mass is 299 g/mol. The maximum absolute atomic E-state index is 11.5. The number of esters is 2. The molecule has 21 heavy (non-hydrogen) atoms. The Balaban J connectivity index is 2.74. The lowest BCUT2D eigenvalue weighted by atomic mass is 10.2. The highest BCUT2D eigenvalue weighted by Crippen LogP contribution is 2.13. The van der Waals surface area contributed by atoms with Crippen molar-refractivity contribution in [1.82, 2.24) is 0 Å². The van der Waals surface area contributed by atoms with Crippen LogP contribution in [0.3, 0.4) is 0 Å². The zero-order chi connectivity index (χ0) is 16.2. The van der Waals surface area contributed by atoms with Crippen LogP contribution in [-0.4, -0.2) is 50.4 Å². The normalized spacial score (nSPS) is 13.0. The molecule has 0 bridgehead atoms. The van der Waals surface area contributed by atoms with E-state index in [-0.39, 0.29) is 11.3 Å². The largest absolute Gasteiger partial charge is 0.479 e. The lowest BCUT2D eigenvalue weighted by Crippen LogP contribution is -2.41. The number of nitro benzene ring substituents is 1. The first kappa shape index (κ1) is 16.2. The van der Waals surface area contributed by atoms with E-state index in [4.69, 9.17) is 15.3 Å². The molecule has 0 spiro atoms. The molecule has 0 aliphatic heterocycles. The molecular weight excluding hydrogens is 290 g/mol. The van der Waals surface area contributed by atoms with Crippen LogP contribution in [0.2, 0.25) is 0 Å². The second-order valence-corrected chi connectivity index (χ2v) is 3.74. The van der Waals surface area contributed by atoms with Crippen molar-refractivity contribution in [1.29, 1.82) is 0 Å². The number of carbonyl (C=O) groups is 3. The van der Waals surface area contributed by atoms with Crippen LogP contribution in [0.1, 0.15) is 10.4 Å². The molecule has 1 aromatic carbocycles. The quantitative estimate of drug-likeness (QED) is 0.270. The molecule has 10 heteroatoms. The number of nitro groups is 1. The molecule has 0 heterocycles. The SMILES string of the molecule is O=C(OC(=O)C(O)C(O)C(=O)O)c1ccc([N+](=O)[O-])cc1. The Morgan fingerprint density at radius 3 is 2.05 bits per heavy atom. The summed E-state index contributed by atoms with van der Waals surface area (Å²) >= 11 is 0. The number of non-ortho nitro benzene ring substituents is 1. The van der Waals surface area contributed by atoms with E-state index in [9.17, 15) is 24.5 Å². The van der Waals surface area contributed by atoms with Crippen molar-refractivity contribution < 1.29 is 39.4 Å². The van der Waals surface area contributed by atoms with Gasteiger partial charge in [0.05, 0.1) is 10.5 Å². The summed E-state index contributed by atoms with van der Waals surface area (Å²) in [6.45, 7) is 0. The highest BCUT2D eigenvalue weighted by molar-refractivity contribution is 5.99. The number of nitrogens with zero attached hydrogens (tertiary/aromatic N) is 1. The van der Waals surface area contributed by atoms with Crippen LogP contribution in [0.5, 0.6) is 0 Å². The van der Waals surface area contributed by atoms with E-state index in [1.807, 2.05) is 0 Å². The smallest absolute Gasteiger partial charge is 0.346 e. The maximum Gasteiger partial charge on any atom is 0.346 e. The van der Waals surface area contributed by atoms with E-state index in [1.54, 1.807) is 0 Å². The third kappa shape index (κ3) is 4.06. The van der Waals surface area contributed by atoms with Gasteiger partial charge in [-0.1, -0.05) is 0 Å². The summed E-state index contributed by atoms with van der Waals surface area (Å²) in [5.41, 5.74) is -0.523. The van der Waals surface area contributed by atoms with Gasteiger partial charge in [-0.2, -0.15) is 0 Å². The molecule has 10 nitrogen and oxygen atoms in total. The van der Waals surface area contributed by atoms with Gasteiger partial charge in [-0.25, -0.2) is 14.4 Å². The summed E-state index contributed by atoms with van der Waals surface area (Å²) in [6.07, 6.45) is -4.88. The van der Waals surface area contributed by atoms with Gasteiger partial charge in [0.2, 0.25) is 0 Å². The number of aliphatic carboxylic acids is 1. The number of carbonyl (C=O) groups excluding carboxylic acids is 2. The minimum atomic E-state index is -2.44. The minimum Gasteiger partial charge on any atom is -0.479 e. The fourth-order valence-corrected chi connectivity index (χ4v) is 1.19. The summed E-state index contributed by atoms with van der Waals surface area (Å²) < 4.78 is 4.15. The molecule has 3 N–H and O–H groups in total. The molecule has 0 aromatic heterocycles. The van der Waals surface area contributed by atoms with Crippen molar-refractivity contribution >= 4 is 23.6 Å². The van der Waals surface area contributed by atoms with E-state index in [0.29, 0.717) is 0 Å². The van der Waals surface area contributed by atoms with Crippen LogP contribution in [0.15, 0.2) is 24.3 Å². The van der Waals surface area contributed by atoms with Crippen molar-refractivity contribution in [2.24, 2.45) is 0 Å². The van der Waals surface area contributed by atoms with Gasteiger partial charge in [0.1, 0.15) is 0 Å². The fraction of sp³-hybridized carbons (Fsp3) is 0.182. The highest BCUT2D eigenvalue weighted by Gasteiger charge is 2.33. The third-order valence-corrected chi connectivity index (χ3v) is 2.30. The number of carboxylic acids is 1. The number of carboxylic acid groups (broad SMARTS) is 1. The van der Waals surface area contributed by atoms with Crippen LogP contribution < -0.4 is 0 Å². The van der Waals surface area contributed by atoms with Crippen molar-refractivity contribution in [3.05, 3.63) is 39.9 Å². The lowest BCUT2D eigenvalue weighted by Gasteiger charge is -2.11. The Kier molecular flexibility index (Phi) is 5.05. The summed E-state index contributed by atoms with van der Waals surface area (Å²) in [6, 6.07) is 3.99. The van der Waals surface area contributed by atoms with Crippen molar-refractivity contribution in [2.45, 2.75) is 12.2 Å². The van der Waals surface area contributed by atoms with Gasteiger partial charge in [0.25, 0.3) is 5.69 Å². The summed E-state index contributed by atoms with van der Waals surface area (Å²) in [4.78, 5) is 42.7. The second-order valence-electron chi connectivity index (χ2n) is 3.74. The van der Waals surface area contributed by atoms with Crippen molar-refractivity contribution in [2.75, 3.05) is 0 Å². The zero-order valence-corrected chi connectivity index (χ0v) is 10.2. The fourth-order valence-electron chi connectivity index (χ4n) is 1.19. The van der Waals surface area contributed by atoms with Gasteiger partial charge < -0.3 is 20.1 Å². The standard InChI is InChI=1S/C11H9NO9/c13-7(9(15)16)8(14)11(18)21-10(17)5-1-3-6(4-2-5)12(19)20/h1-4,7-8,13-14H,(H,15,16). The van der Waals surface area contributed by atoms with Gasteiger partial charge in [0.15, 0.2) is 12.2 Å². The van der Waals surface area contributed by atoms with Crippen LogP contribution in [0.25, 0.3) is 0 Å². The molecule has 0 amide bonds. The number of hydrogen-bond donors (Lipinski definition) is 3. The average Bonchev–Trinajstić information content (AvgIpc) is 2.45. The predicted molar refractivity (Wildman–Crippen MR) is 63.2 cm³/mol. The molecule has 1 aromatic rings. The summed E-state index contributed by atoms with van der Waals surface area (Å²) in [5, 5.41) is 36.8. The molecule has 0 aliphatic carbocycles. The highest BCUT2D eigenvalue weighted by atomic mass is 16.6. The van der Waals surface area contributed by atoms with Crippen molar-refractivity contribution in [3.8, 4) is 0 Å². The maximum atomic E-state index is 11.5. The van der Waals surface area contributed by atoms with E-state index < -0.39 is 35.0 Å². The van der Waals surface area contributed by atoms with Crippen molar-refractivity contribution in [3.63, 3.8) is 0 Å². The Bertz CT molecular complexity index is 580. The molecule has 2 atom stereocenters. The Hall–Kier alpha value is -2.85. The third-order valence-electron chi connectivity index (χ3n) is 2.30. The number of hydrogen-bond acceptors (Lipinski definition) is 8. The number of ether oxygens (including phenoxy) is 1. The molecule has 0 saturated carbocycles. The van der Waals surface area contributed by atoms with E-state index >= 15 is 0 Å². The van der Waals surface area contributed by atoms with Gasteiger partial charge in [-0.15, -0.1) is 0 Å². The van der Waals surface area contributed by atoms with Gasteiger partial charge in [-0.3, -0.25) is 10.1 Å². The topological polar surface area (TPSA) is 164 Å². The van der Waals surface area contributed by atoms with E-state index in [2.05, 4.69) is 4.74 Å². The molecule has 1 rings (SSSR count). The average molecular weight is 299 g/mol. The van der Waals surface area contributed by atoms with Crippen LogP contribution in [0.4, 0.5) is 5.69 Å². The summed E-state index contributed by atoms with van der Waals surface area (Å²) in [5.74, 6) is -4.79. The van der Waals surface area contributed by atoms with Crippen LogP contribution in [0, 0.1) is 10.1 Å². The van der Waals surface area contributed by atoms with E-state index in [1.165, 1.54) is 0 Å². The van der Waals surface area contributed by atoms with Crippen LogP contribution >= 0.6 is 0 Å². The molecule has 2 unspecified atom stereocenters. The number of aliphatic hydroxyl groups is 2.